The minimum absolute atomic E-state index is 0.892. The van der Waals surface area contributed by atoms with Crippen LogP contribution >= 0.6 is 0 Å². The molecule has 0 aliphatic rings. The van der Waals surface area contributed by atoms with E-state index in [2.05, 4.69) is 62.5 Å². The van der Waals surface area contributed by atoms with E-state index in [0.29, 0.717) is 0 Å². The normalized spacial score (nSPS) is 11.2. The Morgan fingerprint density at radius 2 is 1.86 bits per heavy atom. The largest absolute Gasteiger partial charge is 0.456 e. The summed E-state index contributed by atoms with van der Waals surface area (Å²) >= 11 is 0. The lowest BCUT2D eigenvalue weighted by molar-refractivity contribution is 0.630. The molecule has 108 valence electrons. The summed E-state index contributed by atoms with van der Waals surface area (Å²) in [6.45, 7) is 8.23. The highest BCUT2D eigenvalue weighted by atomic mass is 16.3. The fraction of sp³-hybridized carbons (Fsp3) is 0.263. The van der Waals surface area contributed by atoms with Crippen LogP contribution in [0, 0.1) is 13.8 Å². The van der Waals surface area contributed by atoms with Gasteiger partial charge in [0.15, 0.2) is 0 Å². The van der Waals surface area contributed by atoms with Crippen LogP contribution < -0.4 is 5.32 Å². The number of fused-ring (bicyclic) bond motifs is 1. The molecule has 0 bridgehead atoms. The van der Waals surface area contributed by atoms with Crippen LogP contribution in [0.5, 0.6) is 0 Å². The molecule has 0 amide bonds. The van der Waals surface area contributed by atoms with Crippen molar-refractivity contribution in [1.29, 1.82) is 0 Å². The van der Waals surface area contributed by atoms with Crippen molar-refractivity contribution >= 4 is 11.0 Å². The first-order valence-corrected chi connectivity index (χ1v) is 7.48. The Labute approximate surface area is 125 Å². The first kappa shape index (κ1) is 13.9. The SMILES string of the molecule is CCNCc1ccc(C)c(-c2cc3cc(C)ccc3o2)c1. The Morgan fingerprint density at radius 1 is 1.00 bits per heavy atom. The van der Waals surface area contributed by atoms with Crippen molar-refractivity contribution in [2.75, 3.05) is 6.54 Å². The molecule has 0 saturated heterocycles. The lowest BCUT2D eigenvalue weighted by Crippen LogP contribution is -2.11. The van der Waals surface area contributed by atoms with Gasteiger partial charge in [0, 0.05) is 17.5 Å². The average Bonchev–Trinajstić information content (AvgIpc) is 2.89. The maximum absolute atomic E-state index is 6.03. The third-order valence-electron chi connectivity index (χ3n) is 3.82. The molecule has 2 heteroatoms. The molecule has 1 N–H and O–H groups in total. The van der Waals surface area contributed by atoms with Crippen LogP contribution in [0.4, 0.5) is 0 Å². The van der Waals surface area contributed by atoms with Crippen LogP contribution in [0.15, 0.2) is 46.9 Å². The van der Waals surface area contributed by atoms with Crippen molar-refractivity contribution in [3.8, 4) is 11.3 Å². The number of aryl methyl sites for hydroxylation is 2. The van der Waals surface area contributed by atoms with Gasteiger partial charge in [-0.05, 0) is 55.8 Å². The molecule has 0 unspecified atom stereocenters. The lowest BCUT2D eigenvalue weighted by Gasteiger charge is -2.07. The van der Waals surface area contributed by atoms with E-state index >= 15 is 0 Å². The Morgan fingerprint density at radius 3 is 2.67 bits per heavy atom. The fourth-order valence-electron chi connectivity index (χ4n) is 2.61. The van der Waals surface area contributed by atoms with Crippen LogP contribution in [0.2, 0.25) is 0 Å². The summed E-state index contributed by atoms with van der Waals surface area (Å²) in [7, 11) is 0. The van der Waals surface area contributed by atoms with Gasteiger partial charge in [-0.2, -0.15) is 0 Å². The van der Waals surface area contributed by atoms with Crippen molar-refractivity contribution in [2.45, 2.75) is 27.3 Å². The molecule has 2 aromatic carbocycles. The number of hydrogen-bond donors (Lipinski definition) is 1. The van der Waals surface area contributed by atoms with Crippen molar-refractivity contribution in [1.82, 2.24) is 5.32 Å². The third-order valence-corrected chi connectivity index (χ3v) is 3.82. The highest BCUT2D eigenvalue weighted by Crippen LogP contribution is 2.31. The number of rotatable bonds is 4. The van der Waals surface area contributed by atoms with Gasteiger partial charge >= 0.3 is 0 Å². The van der Waals surface area contributed by atoms with Crippen molar-refractivity contribution in [2.24, 2.45) is 0 Å². The summed E-state index contributed by atoms with van der Waals surface area (Å²) in [6.07, 6.45) is 0. The Kier molecular flexibility index (Phi) is 3.80. The monoisotopic (exact) mass is 279 g/mol. The molecule has 0 atom stereocenters. The summed E-state index contributed by atoms with van der Waals surface area (Å²) < 4.78 is 6.03. The molecular formula is C19H21NO. The summed E-state index contributed by atoms with van der Waals surface area (Å²) in [5.74, 6) is 0.950. The number of hydrogen-bond acceptors (Lipinski definition) is 2. The molecule has 3 rings (SSSR count). The van der Waals surface area contributed by atoms with Gasteiger partial charge in [0.2, 0.25) is 0 Å². The van der Waals surface area contributed by atoms with Crippen molar-refractivity contribution < 1.29 is 4.42 Å². The molecule has 0 aliphatic heterocycles. The van der Waals surface area contributed by atoms with Gasteiger partial charge in [-0.25, -0.2) is 0 Å². The van der Waals surface area contributed by atoms with Gasteiger partial charge in [-0.3, -0.25) is 0 Å². The van der Waals surface area contributed by atoms with Crippen LogP contribution in [0.1, 0.15) is 23.6 Å². The van der Waals surface area contributed by atoms with E-state index in [1.165, 1.54) is 27.6 Å². The van der Waals surface area contributed by atoms with Gasteiger partial charge in [-0.1, -0.05) is 30.7 Å². The molecule has 21 heavy (non-hydrogen) atoms. The van der Waals surface area contributed by atoms with Gasteiger partial charge in [0.05, 0.1) is 0 Å². The second-order valence-electron chi connectivity index (χ2n) is 5.58. The molecular weight excluding hydrogens is 258 g/mol. The van der Waals surface area contributed by atoms with Gasteiger partial charge < -0.3 is 9.73 Å². The summed E-state index contributed by atoms with van der Waals surface area (Å²) in [4.78, 5) is 0. The highest BCUT2D eigenvalue weighted by Gasteiger charge is 2.09. The van der Waals surface area contributed by atoms with Gasteiger partial charge in [0.25, 0.3) is 0 Å². The predicted molar refractivity (Wildman–Crippen MR) is 88.5 cm³/mol. The maximum atomic E-state index is 6.03. The summed E-state index contributed by atoms with van der Waals surface area (Å²) in [5.41, 5.74) is 5.92. The third kappa shape index (κ3) is 2.86. The van der Waals surface area contributed by atoms with E-state index in [4.69, 9.17) is 4.42 Å². The smallest absolute Gasteiger partial charge is 0.135 e. The predicted octanol–water partition coefficient (Wildman–Crippen LogP) is 4.83. The molecule has 1 aromatic heterocycles. The highest BCUT2D eigenvalue weighted by molar-refractivity contribution is 5.84. The zero-order valence-corrected chi connectivity index (χ0v) is 12.9. The molecule has 0 fully saturated rings. The van der Waals surface area contributed by atoms with Crippen LogP contribution in [-0.2, 0) is 6.54 Å². The Balaban J connectivity index is 2.04. The van der Waals surface area contributed by atoms with E-state index in [0.717, 1.165) is 24.4 Å². The molecule has 0 spiro atoms. The zero-order valence-electron chi connectivity index (χ0n) is 12.9. The second-order valence-corrected chi connectivity index (χ2v) is 5.58. The topological polar surface area (TPSA) is 25.2 Å². The van der Waals surface area contributed by atoms with Crippen molar-refractivity contribution in [3.63, 3.8) is 0 Å². The van der Waals surface area contributed by atoms with Crippen LogP contribution in [0.25, 0.3) is 22.3 Å². The average molecular weight is 279 g/mol. The Hall–Kier alpha value is -2.06. The van der Waals surface area contributed by atoms with Gasteiger partial charge in [0.1, 0.15) is 11.3 Å². The summed E-state index contributed by atoms with van der Waals surface area (Å²) in [5, 5.41) is 4.53. The second kappa shape index (κ2) is 5.74. The first-order chi connectivity index (χ1) is 10.2. The Bertz CT molecular complexity index is 770. The lowest BCUT2D eigenvalue weighted by atomic mass is 10.0. The standard InChI is InChI=1S/C19H21NO/c1-4-20-12-15-7-6-14(3)17(10-15)19-11-16-9-13(2)5-8-18(16)21-19/h5-11,20H,4,12H2,1-3H3. The van der Waals surface area contributed by atoms with Gasteiger partial charge in [-0.15, -0.1) is 0 Å². The van der Waals surface area contributed by atoms with Crippen LogP contribution in [-0.4, -0.2) is 6.54 Å². The zero-order chi connectivity index (χ0) is 14.8. The number of benzene rings is 2. The minimum Gasteiger partial charge on any atom is -0.456 e. The molecule has 1 heterocycles. The quantitative estimate of drug-likeness (QED) is 0.740. The summed E-state index contributed by atoms with van der Waals surface area (Å²) in [6, 6.07) is 15.0. The fourth-order valence-corrected chi connectivity index (χ4v) is 2.61. The van der Waals surface area contributed by atoms with E-state index in [-0.39, 0.29) is 0 Å². The molecule has 3 aromatic rings. The molecule has 0 radical (unpaired) electrons. The first-order valence-electron chi connectivity index (χ1n) is 7.48. The van der Waals surface area contributed by atoms with Crippen molar-refractivity contribution in [3.05, 3.63) is 59.2 Å². The van der Waals surface area contributed by atoms with Crippen LogP contribution in [0.3, 0.4) is 0 Å². The van der Waals surface area contributed by atoms with E-state index in [9.17, 15) is 0 Å². The molecule has 0 aliphatic carbocycles. The van der Waals surface area contributed by atoms with E-state index < -0.39 is 0 Å². The minimum atomic E-state index is 0.892. The number of furan rings is 1. The molecule has 2 nitrogen and oxygen atoms in total. The maximum Gasteiger partial charge on any atom is 0.135 e. The number of nitrogens with one attached hydrogen (secondary N) is 1. The van der Waals surface area contributed by atoms with E-state index in [1.54, 1.807) is 0 Å². The molecule has 0 saturated carbocycles. The van der Waals surface area contributed by atoms with E-state index in [1.807, 2.05) is 6.07 Å².